The Kier molecular flexibility index (Phi) is 8.49. The lowest BCUT2D eigenvalue weighted by Gasteiger charge is -2.17. The zero-order chi connectivity index (χ0) is 28.2. The molecular weight excluding hydrogens is 480 g/mol. The lowest BCUT2D eigenvalue weighted by Crippen LogP contribution is -2.31. The molecule has 3 aromatic carbocycles. The minimum absolute atomic E-state index is 0.0917. The summed E-state index contributed by atoms with van der Waals surface area (Å²) in [5, 5.41) is 10.1. The van der Waals surface area contributed by atoms with Gasteiger partial charge in [-0.1, -0.05) is 62.5 Å². The molecule has 196 valence electrons. The largest absolute Gasteiger partial charge is 0.419 e. The fourth-order valence-corrected chi connectivity index (χ4v) is 3.75. The van der Waals surface area contributed by atoms with E-state index >= 15 is 0 Å². The van der Waals surface area contributed by atoms with Crippen LogP contribution in [0.2, 0.25) is 0 Å². The highest BCUT2D eigenvalue weighted by Crippen LogP contribution is 2.36. The van der Waals surface area contributed by atoms with Gasteiger partial charge in [0, 0.05) is 16.7 Å². The van der Waals surface area contributed by atoms with Gasteiger partial charge < -0.3 is 14.6 Å². The van der Waals surface area contributed by atoms with Crippen molar-refractivity contribution in [2.45, 2.75) is 46.6 Å². The third-order valence-corrected chi connectivity index (χ3v) is 5.86. The Hall–Kier alpha value is -4.29. The van der Waals surface area contributed by atoms with Crippen molar-refractivity contribution in [1.29, 1.82) is 0 Å². The summed E-state index contributed by atoms with van der Waals surface area (Å²) in [6, 6.07) is 18.1. The fraction of sp³-hybridized carbons (Fsp3) is 0.219. The van der Waals surface area contributed by atoms with Gasteiger partial charge in [-0.25, -0.2) is 9.59 Å². The number of hydrogen-bond donors (Lipinski definition) is 1. The van der Waals surface area contributed by atoms with Gasteiger partial charge >= 0.3 is 11.9 Å². The van der Waals surface area contributed by atoms with Gasteiger partial charge in [0.15, 0.2) is 17.3 Å². The molecule has 6 heteroatoms. The molecule has 0 saturated carbocycles. The number of esters is 2. The van der Waals surface area contributed by atoms with Crippen LogP contribution in [0.25, 0.3) is 22.3 Å². The molecule has 0 fully saturated rings. The van der Waals surface area contributed by atoms with E-state index in [-0.39, 0.29) is 28.4 Å². The second-order valence-electron chi connectivity index (χ2n) is 9.70. The van der Waals surface area contributed by atoms with Crippen molar-refractivity contribution < 1.29 is 29.0 Å². The van der Waals surface area contributed by atoms with Crippen LogP contribution in [0.15, 0.2) is 85.0 Å². The summed E-state index contributed by atoms with van der Waals surface area (Å²) < 4.78 is 10.9. The van der Waals surface area contributed by atoms with E-state index in [4.69, 9.17) is 9.47 Å². The molecule has 0 saturated heterocycles. The third-order valence-electron chi connectivity index (χ3n) is 5.86. The molecular formula is C32H32O6. The van der Waals surface area contributed by atoms with Gasteiger partial charge in [0.1, 0.15) is 5.60 Å². The van der Waals surface area contributed by atoms with Gasteiger partial charge in [-0.2, -0.15) is 0 Å². The van der Waals surface area contributed by atoms with Gasteiger partial charge in [0.2, 0.25) is 0 Å². The van der Waals surface area contributed by atoms with Crippen LogP contribution in [-0.4, -0.2) is 28.4 Å². The summed E-state index contributed by atoms with van der Waals surface area (Å²) in [7, 11) is 0. The number of aliphatic hydroxyl groups is 1. The van der Waals surface area contributed by atoms with E-state index in [1.807, 2.05) is 31.2 Å². The van der Waals surface area contributed by atoms with Crippen LogP contribution < -0.4 is 9.47 Å². The lowest BCUT2D eigenvalue weighted by molar-refractivity contribution is -0.132. The fourth-order valence-electron chi connectivity index (χ4n) is 3.75. The predicted octanol–water partition coefficient (Wildman–Crippen LogP) is 6.50. The Morgan fingerprint density at radius 2 is 1.37 bits per heavy atom. The average Bonchev–Trinajstić information content (AvgIpc) is 2.88. The number of benzene rings is 3. The van der Waals surface area contributed by atoms with E-state index in [2.05, 4.69) is 13.2 Å². The first kappa shape index (κ1) is 28.3. The normalized spacial score (nSPS) is 11.0. The Morgan fingerprint density at radius 1 is 0.789 bits per heavy atom. The van der Waals surface area contributed by atoms with Crippen molar-refractivity contribution in [3.05, 3.63) is 96.1 Å². The topological polar surface area (TPSA) is 89.9 Å². The van der Waals surface area contributed by atoms with Crippen LogP contribution in [0, 0.1) is 0 Å². The minimum Gasteiger partial charge on any atom is -0.419 e. The summed E-state index contributed by atoms with van der Waals surface area (Å²) in [5.41, 5.74) is 3.83. The number of ketones is 1. The zero-order valence-corrected chi connectivity index (χ0v) is 22.4. The molecule has 0 atom stereocenters. The predicted molar refractivity (Wildman–Crippen MR) is 148 cm³/mol. The number of aryl methyl sites for hydroxylation is 1. The van der Waals surface area contributed by atoms with Crippen LogP contribution in [0.1, 0.15) is 50.5 Å². The number of hydrogen-bond acceptors (Lipinski definition) is 6. The molecule has 0 spiro atoms. The molecule has 0 aliphatic rings. The van der Waals surface area contributed by atoms with Gasteiger partial charge in [0.05, 0.1) is 0 Å². The Morgan fingerprint density at radius 3 is 1.95 bits per heavy atom. The van der Waals surface area contributed by atoms with Crippen molar-refractivity contribution in [3.8, 4) is 33.8 Å². The number of carbonyl (C=O) groups excluding carboxylic acids is 3. The highest BCUT2D eigenvalue weighted by molar-refractivity contribution is 6.02. The SMILES string of the molecule is C=C(C)C(=O)Oc1ccc(-c2ccc(-c3cccc(C(=O)C(C)(C)O)c3)cc2CC)cc1OC(=O)C(=C)C. The Bertz CT molecular complexity index is 1440. The van der Waals surface area contributed by atoms with Crippen molar-refractivity contribution in [2.75, 3.05) is 0 Å². The lowest BCUT2D eigenvalue weighted by atomic mass is 9.91. The summed E-state index contributed by atoms with van der Waals surface area (Å²) in [4.78, 5) is 37.0. The second kappa shape index (κ2) is 11.4. The van der Waals surface area contributed by atoms with E-state index in [1.165, 1.54) is 27.7 Å². The van der Waals surface area contributed by atoms with E-state index in [1.54, 1.807) is 36.4 Å². The molecule has 0 aliphatic heterocycles. The molecule has 0 radical (unpaired) electrons. The highest BCUT2D eigenvalue weighted by Gasteiger charge is 2.25. The maximum Gasteiger partial charge on any atom is 0.338 e. The zero-order valence-electron chi connectivity index (χ0n) is 22.4. The molecule has 0 unspecified atom stereocenters. The van der Waals surface area contributed by atoms with Gasteiger partial charge in [-0.15, -0.1) is 0 Å². The summed E-state index contributed by atoms with van der Waals surface area (Å²) in [6.07, 6.45) is 0.707. The maximum absolute atomic E-state index is 12.6. The smallest absolute Gasteiger partial charge is 0.338 e. The summed E-state index contributed by atoms with van der Waals surface area (Å²) in [5.74, 6) is -1.43. The highest BCUT2D eigenvalue weighted by atomic mass is 16.6. The number of Topliss-reactive ketones (excluding diaryl/α,β-unsaturated/α-hetero) is 1. The first-order valence-electron chi connectivity index (χ1n) is 12.2. The third kappa shape index (κ3) is 6.52. The molecule has 0 bridgehead atoms. The maximum atomic E-state index is 12.6. The summed E-state index contributed by atoms with van der Waals surface area (Å²) in [6.45, 7) is 15.2. The molecule has 3 rings (SSSR count). The standard InChI is InChI=1S/C32H32O6/c1-8-21-16-23(22-10-9-11-25(17-22)29(33)32(6,7)36)12-14-26(21)24-13-15-27(37-30(34)19(2)3)28(18-24)38-31(35)20(4)5/h9-18,36H,2,4,8H2,1,3,5-7H3. The number of ether oxygens (including phenoxy) is 2. The number of carbonyl (C=O) groups is 3. The molecule has 6 nitrogen and oxygen atoms in total. The van der Waals surface area contributed by atoms with Gasteiger partial charge in [-0.05, 0) is 80.1 Å². The number of rotatable bonds is 9. The average molecular weight is 513 g/mol. The first-order chi connectivity index (χ1) is 17.8. The van der Waals surface area contributed by atoms with Crippen molar-refractivity contribution in [1.82, 2.24) is 0 Å². The van der Waals surface area contributed by atoms with E-state index in [0.29, 0.717) is 12.0 Å². The Labute approximate surface area is 223 Å². The second-order valence-corrected chi connectivity index (χ2v) is 9.70. The minimum atomic E-state index is -1.47. The quantitative estimate of drug-likeness (QED) is 0.152. The van der Waals surface area contributed by atoms with Crippen LogP contribution in [0.3, 0.4) is 0 Å². The molecule has 0 amide bonds. The molecule has 1 N–H and O–H groups in total. The van der Waals surface area contributed by atoms with E-state index in [9.17, 15) is 19.5 Å². The first-order valence-corrected chi connectivity index (χ1v) is 12.2. The van der Waals surface area contributed by atoms with Crippen LogP contribution in [0.4, 0.5) is 0 Å². The monoisotopic (exact) mass is 512 g/mol. The van der Waals surface area contributed by atoms with Crippen molar-refractivity contribution in [2.24, 2.45) is 0 Å². The van der Waals surface area contributed by atoms with E-state index in [0.717, 1.165) is 27.8 Å². The Balaban J connectivity index is 2.05. The van der Waals surface area contributed by atoms with Crippen LogP contribution in [-0.2, 0) is 16.0 Å². The molecule has 0 aromatic heterocycles. The van der Waals surface area contributed by atoms with Crippen LogP contribution >= 0.6 is 0 Å². The molecule has 0 aliphatic carbocycles. The van der Waals surface area contributed by atoms with Gasteiger partial charge in [-0.3, -0.25) is 4.79 Å². The van der Waals surface area contributed by atoms with E-state index < -0.39 is 17.5 Å². The summed E-state index contributed by atoms with van der Waals surface area (Å²) >= 11 is 0. The molecule has 38 heavy (non-hydrogen) atoms. The molecule has 0 heterocycles. The van der Waals surface area contributed by atoms with Crippen LogP contribution in [0.5, 0.6) is 11.5 Å². The van der Waals surface area contributed by atoms with Crippen molar-refractivity contribution in [3.63, 3.8) is 0 Å². The van der Waals surface area contributed by atoms with Gasteiger partial charge in [0.25, 0.3) is 0 Å². The van der Waals surface area contributed by atoms with Crippen molar-refractivity contribution >= 4 is 17.7 Å². The molecule has 3 aromatic rings.